The maximum absolute atomic E-state index is 11.1. The van der Waals surface area contributed by atoms with Gasteiger partial charge in [-0.25, -0.2) is 0 Å². The first-order chi connectivity index (χ1) is 7.63. The lowest BCUT2D eigenvalue weighted by Gasteiger charge is -2.08. The van der Waals surface area contributed by atoms with Crippen LogP contribution in [0.15, 0.2) is 18.2 Å². The van der Waals surface area contributed by atoms with Crippen LogP contribution in [0.1, 0.15) is 5.56 Å². The van der Waals surface area contributed by atoms with E-state index in [2.05, 4.69) is 5.32 Å². The van der Waals surface area contributed by atoms with E-state index in [9.17, 15) is 4.79 Å². The molecule has 0 aliphatic heterocycles. The van der Waals surface area contributed by atoms with Crippen molar-refractivity contribution in [3.05, 3.63) is 23.8 Å². The Morgan fingerprint density at radius 3 is 3.00 bits per heavy atom. The molecule has 0 atom stereocenters. The molecule has 0 unspecified atom stereocenters. The number of aryl methyl sites for hydroxylation is 1. The molecular formula is C11H13N3O2. The largest absolute Gasteiger partial charge is 0.482 e. The highest BCUT2D eigenvalue weighted by Gasteiger charge is 2.04. The number of hydrogen-bond donors (Lipinski definition) is 2. The third-order valence-corrected chi connectivity index (χ3v) is 1.89. The second-order valence-electron chi connectivity index (χ2n) is 3.26. The van der Waals surface area contributed by atoms with Gasteiger partial charge in [0.2, 0.25) is 0 Å². The summed E-state index contributed by atoms with van der Waals surface area (Å²) >= 11 is 0. The number of carbonyl (C=O) groups is 1. The fraction of sp³-hybridized carbons (Fsp3) is 0.273. The molecule has 1 aromatic rings. The zero-order valence-electron chi connectivity index (χ0n) is 8.99. The summed E-state index contributed by atoms with van der Waals surface area (Å²) in [5, 5.41) is 10.6. The molecule has 1 aromatic carbocycles. The van der Waals surface area contributed by atoms with Crippen molar-refractivity contribution < 1.29 is 9.53 Å². The van der Waals surface area contributed by atoms with Gasteiger partial charge in [-0.15, -0.1) is 0 Å². The van der Waals surface area contributed by atoms with Gasteiger partial charge in [0, 0.05) is 0 Å². The van der Waals surface area contributed by atoms with Crippen LogP contribution in [0.3, 0.4) is 0 Å². The molecule has 0 aliphatic rings. The van der Waals surface area contributed by atoms with E-state index in [0.717, 1.165) is 5.56 Å². The molecule has 3 N–H and O–H groups in total. The third kappa shape index (κ3) is 3.50. The van der Waals surface area contributed by atoms with Gasteiger partial charge in [0.1, 0.15) is 12.3 Å². The fourth-order valence-corrected chi connectivity index (χ4v) is 1.13. The molecule has 0 aromatic heterocycles. The molecule has 0 saturated carbocycles. The Labute approximate surface area is 93.8 Å². The summed E-state index contributed by atoms with van der Waals surface area (Å²) < 4.78 is 5.20. The molecule has 16 heavy (non-hydrogen) atoms. The number of rotatable bonds is 4. The van der Waals surface area contributed by atoms with Gasteiger partial charge in [0.25, 0.3) is 5.91 Å². The Balaban J connectivity index is 2.49. The van der Waals surface area contributed by atoms with Crippen molar-refractivity contribution in [1.29, 1.82) is 5.26 Å². The molecule has 0 fully saturated rings. The minimum absolute atomic E-state index is 0.0222. The number of nitriles is 1. The van der Waals surface area contributed by atoms with Crippen LogP contribution in [0.4, 0.5) is 5.69 Å². The van der Waals surface area contributed by atoms with Gasteiger partial charge >= 0.3 is 0 Å². The predicted octanol–water partition coefficient (Wildman–Crippen LogP) is 0.596. The molecule has 5 heteroatoms. The molecule has 84 valence electrons. The van der Waals surface area contributed by atoms with E-state index in [1.165, 1.54) is 0 Å². The quantitative estimate of drug-likeness (QED) is 0.573. The number of amides is 1. The molecule has 1 rings (SSSR count). The van der Waals surface area contributed by atoms with Crippen LogP contribution in [0, 0.1) is 18.3 Å². The number of anilines is 1. The lowest BCUT2D eigenvalue weighted by Crippen LogP contribution is -2.29. The van der Waals surface area contributed by atoms with E-state index < -0.39 is 0 Å². The maximum Gasteiger partial charge on any atom is 0.258 e. The van der Waals surface area contributed by atoms with Crippen LogP contribution in [-0.2, 0) is 4.79 Å². The highest BCUT2D eigenvalue weighted by Crippen LogP contribution is 2.21. The molecule has 5 nitrogen and oxygen atoms in total. The number of nitrogens with two attached hydrogens (primary N) is 1. The van der Waals surface area contributed by atoms with E-state index in [4.69, 9.17) is 15.7 Å². The number of benzene rings is 1. The average Bonchev–Trinajstić information content (AvgIpc) is 2.25. The van der Waals surface area contributed by atoms with E-state index >= 15 is 0 Å². The highest BCUT2D eigenvalue weighted by atomic mass is 16.5. The zero-order valence-corrected chi connectivity index (χ0v) is 8.99. The monoisotopic (exact) mass is 219 g/mol. The summed E-state index contributed by atoms with van der Waals surface area (Å²) in [6.07, 6.45) is 0. The van der Waals surface area contributed by atoms with Gasteiger partial charge in [-0.1, -0.05) is 6.07 Å². The standard InChI is InChI=1S/C11H13N3O2/c1-8-2-3-10(9(13)6-8)16-7-11(15)14-5-4-12/h2-3,6H,5,7,13H2,1H3,(H,14,15). The van der Waals surface area contributed by atoms with Crippen LogP contribution >= 0.6 is 0 Å². The van der Waals surface area contributed by atoms with Gasteiger partial charge in [-0.3, -0.25) is 4.79 Å². The number of nitrogens with one attached hydrogen (secondary N) is 1. The first-order valence-electron chi connectivity index (χ1n) is 4.76. The lowest BCUT2D eigenvalue weighted by molar-refractivity contribution is -0.122. The van der Waals surface area contributed by atoms with Gasteiger partial charge < -0.3 is 15.8 Å². The van der Waals surface area contributed by atoms with Crippen LogP contribution in [-0.4, -0.2) is 19.1 Å². The predicted molar refractivity (Wildman–Crippen MR) is 59.7 cm³/mol. The first kappa shape index (κ1) is 11.9. The summed E-state index contributed by atoms with van der Waals surface area (Å²) in [6, 6.07) is 7.13. The van der Waals surface area contributed by atoms with Gasteiger partial charge in [-0.05, 0) is 24.6 Å². The number of carbonyl (C=O) groups excluding carboxylic acids is 1. The lowest BCUT2D eigenvalue weighted by atomic mass is 10.2. The number of hydrogen-bond acceptors (Lipinski definition) is 4. The van der Waals surface area contributed by atoms with E-state index in [-0.39, 0.29) is 19.1 Å². The summed E-state index contributed by atoms with van der Waals surface area (Å²) in [5.74, 6) is 0.124. The van der Waals surface area contributed by atoms with Crippen molar-refractivity contribution in [1.82, 2.24) is 5.32 Å². The Kier molecular flexibility index (Phi) is 4.16. The van der Waals surface area contributed by atoms with Crippen LogP contribution in [0.2, 0.25) is 0 Å². The molecule has 0 heterocycles. The Hall–Kier alpha value is -2.22. The highest BCUT2D eigenvalue weighted by molar-refractivity contribution is 5.77. The summed E-state index contributed by atoms with van der Waals surface area (Å²) in [4.78, 5) is 11.1. The normalized spacial score (nSPS) is 9.25. The smallest absolute Gasteiger partial charge is 0.258 e. The van der Waals surface area contributed by atoms with Gasteiger partial charge in [-0.2, -0.15) is 5.26 Å². The summed E-state index contributed by atoms with van der Waals surface area (Å²) in [5.41, 5.74) is 7.22. The van der Waals surface area contributed by atoms with Crippen molar-refractivity contribution in [3.63, 3.8) is 0 Å². The molecule has 0 radical (unpaired) electrons. The van der Waals surface area contributed by atoms with E-state index in [0.29, 0.717) is 11.4 Å². The van der Waals surface area contributed by atoms with Crippen molar-refractivity contribution in [2.45, 2.75) is 6.92 Å². The minimum Gasteiger partial charge on any atom is -0.482 e. The Morgan fingerprint density at radius 2 is 2.38 bits per heavy atom. The first-order valence-corrected chi connectivity index (χ1v) is 4.76. The molecule has 0 saturated heterocycles. The van der Waals surface area contributed by atoms with Crippen molar-refractivity contribution in [2.24, 2.45) is 0 Å². The van der Waals surface area contributed by atoms with Crippen LogP contribution < -0.4 is 15.8 Å². The molecular weight excluding hydrogens is 206 g/mol. The minimum atomic E-state index is -0.346. The fourth-order valence-electron chi connectivity index (χ4n) is 1.13. The number of nitrogens with zero attached hydrogens (tertiary/aromatic N) is 1. The zero-order chi connectivity index (χ0) is 12.0. The maximum atomic E-state index is 11.1. The van der Waals surface area contributed by atoms with Crippen LogP contribution in [0.25, 0.3) is 0 Å². The van der Waals surface area contributed by atoms with Gasteiger partial charge in [0.15, 0.2) is 6.61 Å². The van der Waals surface area contributed by atoms with E-state index in [1.54, 1.807) is 18.2 Å². The Bertz CT molecular complexity index is 424. The Morgan fingerprint density at radius 1 is 1.62 bits per heavy atom. The number of nitrogen functional groups attached to an aromatic ring is 1. The summed E-state index contributed by atoms with van der Waals surface area (Å²) in [6.45, 7) is 1.75. The molecule has 0 bridgehead atoms. The van der Waals surface area contributed by atoms with Crippen LogP contribution in [0.5, 0.6) is 5.75 Å². The topological polar surface area (TPSA) is 88.1 Å². The third-order valence-electron chi connectivity index (χ3n) is 1.89. The SMILES string of the molecule is Cc1ccc(OCC(=O)NCC#N)c(N)c1. The summed E-state index contributed by atoms with van der Waals surface area (Å²) in [7, 11) is 0. The molecule has 1 amide bonds. The van der Waals surface area contributed by atoms with Crippen molar-refractivity contribution in [3.8, 4) is 11.8 Å². The molecule has 0 aliphatic carbocycles. The van der Waals surface area contributed by atoms with E-state index in [1.807, 2.05) is 13.0 Å². The second-order valence-corrected chi connectivity index (χ2v) is 3.26. The van der Waals surface area contributed by atoms with Gasteiger partial charge in [0.05, 0.1) is 11.8 Å². The number of ether oxygens (including phenoxy) is 1. The molecule has 0 spiro atoms. The average molecular weight is 219 g/mol. The van der Waals surface area contributed by atoms with Crippen molar-refractivity contribution in [2.75, 3.05) is 18.9 Å². The second kappa shape index (κ2) is 5.61. The van der Waals surface area contributed by atoms with Crippen molar-refractivity contribution >= 4 is 11.6 Å².